The average molecular weight is 306 g/mol. The maximum atomic E-state index is 13.0. The van der Waals surface area contributed by atoms with E-state index in [0.717, 1.165) is 16.0 Å². The Kier molecular flexibility index (Phi) is 3.95. The second-order valence-corrected chi connectivity index (χ2v) is 6.16. The lowest BCUT2D eigenvalue weighted by Gasteiger charge is -2.04. The molecule has 0 aliphatic heterocycles. The third kappa shape index (κ3) is 2.88. The first kappa shape index (κ1) is 14.7. The number of carbonyl (C=O) groups excluding carboxylic acids is 1. The number of halogens is 1. The molecule has 22 heavy (non-hydrogen) atoms. The van der Waals surface area contributed by atoms with Gasteiger partial charge in [0.15, 0.2) is 0 Å². The highest BCUT2D eigenvalue weighted by Gasteiger charge is 2.15. The first-order valence-electron chi connectivity index (χ1n) is 6.81. The Morgan fingerprint density at radius 3 is 2.50 bits per heavy atom. The Labute approximate surface area is 133 Å². The number of carbonyl (C=O) groups is 1. The molecule has 0 amide bonds. The van der Waals surface area contributed by atoms with E-state index in [0.29, 0.717) is 15.9 Å². The van der Waals surface area contributed by atoms with Crippen LogP contribution in [-0.2, 0) is 0 Å². The van der Waals surface area contributed by atoms with Gasteiger partial charge in [0.05, 0.1) is 4.88 Å². The Morgan fingerprint density at radius 2 is 1.77 bits per heavy atom. The van der Waals surface area contributed by atoms with Crippen LogP contribution < -0.4 is 5.46 Å². The zero-order valence-electron chi connectivity index (χ0n) is 12.0. The first-order chi connectivity index (χ1) is 10.5. The van der Waals surface area contributed by atoms with E-state index in [2.05, 4.69) is 0 Å². The van der Waals surface area contributed by atoms with Gasteiger partial charge in [-0.05, 0) is 42.3 Å². The highest BCUT2D eigenvalue weighted by Crippen LogP contribution is 2.29. The van der Waals surface area contributed by atoms with Crippen molar-refractivity contribution >= 4 is 30.4 Å². The van der Waals surface area contributed by atoms with Crippen LogP contribution >= 0.6 is 11.3 Å². The summed E-state index contributed by atoms with van der Waals surface area (Å²) >= 11 is 1.40. The van der Waals surface area contributed by atoms with Gasteiger partial charge in [-0.25, -0.2) is 4.39 Å². The van der Waals surface area contributed by atoms with Gasteiger partial charge < -0.3 is 0 Å². The first-order valence-corrected chi connectivity index (χ1v) is 7.63. The van der Waals surface area contributed by atoms with Gasteiger partial charge in [0.1, 0.15) is 13.7 Å². The van der Waals surface area contributed by atoms with Crippen molar-refractivity contribution in [3.8, 4) is 10.4 Å². The van der Waals surface area contributed by atoms with E-state index in [1.807, 2.05) is 19.1 Å². The fraction of sp³-hybridized carbons (Fsp3) is 0.0556. The summed E-state index contributed by atoms with van der Waals surface area (Å²) in [7, 11) is 5.77. The molecule has 0 atom stereocenters. The Morgan fingerprint density at radius 1 is 1.05 bits per heavy atom. The molecule has 0 aliphatic carbocycles. The summed E-state index contributed by atoms with van der Waals surface area (Å²) in [5.74, 6) is -0.310. The van der Waals surface area contributed by atoms with Crippen molar-refractivity contribution in [3.05, 3.63) is 76.4 Å². The van der Waals surface area contributed by atoms with Crippen molar-refractivity contribution in [3.63, 3.8) is 0 Å². The van der Waals surface area contributed by atoms with Crippen LogP contribution in [-0.4, -0.2) is 13.6 Å². The van der Waals surface area contributed by atoms with E-state index in [-0.39, 0.29) is 11.6 Å². The lowest BCUT2D eigenvalue weighted by atomic mass is 9.91. The fourth-order valence-corrected chi connectivity index (χ4v) is 3.21. The van der Waals surface area contributed by atoms with Crippen molar-refractivity contribution in [2.45, 2.75) is 6.92 Å². The normalized spacial score (nSPS) is 10.6. The highest BCUT2D eigenvalue weighted by molar-refractivity contribution is 7.17. The number of thiophene rings is 1. The van der Waals surface area contributed by atoms with E-state index in [9.17, 15) is 9.18 Å². The van der Waals surface area contributed by atoms with Gasteiger partial charge in [0, 0.05) is 10.4 Å². The van der Waals surface area contributed by atoms with Crippen molar-refractivity contribution in [1.29, 1.82) is 0 Å². The topological polar surface area (TPSA) is 17.1 Å². The lowest BCUT2D eigenvalue weighted by Crippen LogP contribution is -2.09. The largest absolute Gasteiger partial charge is 0.288 e. The van der Waals surface area contributed by atoms with Crippen LogP contribution in [0.1, 0.15) is 20.8 Å². The predicted octanol–water partition coefficient (Wildman–Crippen LogP) is 3.89. The summed E-state index contributed by atoms with van der Waals surface area (Å²) < 4.78 is 13.0. The molecule has 2 radical (unpaired) electrons. The molecule has 3 aromatic rings. The van der Waals surface area contributed by atoms with Gasteiger partial charge in [-0.2, -0.15) is 0 Å². The summed E-state index contributed by atoms with van der Waals surface area (Å²) in [5, 5.41) is 0. The van der Waals surface area contributed by atoms with Gasteiger partial charge in [-0.15, -0.1) is 11.3 Å². The van der Waals surface area contributed by atoms with Crippen LogP contribution in [0.25, 0.3) is 10.4 Å². The molecule has 106 valence electrons. The molecule has 4 heteroatoms. The Bertz CT molecular complexity index is 837. The minimum atomic E-state index is -0.271. The minimum Gasteiger partial charge on any atom is -0.288 e. The summed E-state index contributed by atoms with van der Waals surface area (Å²) in [4.78, 5) is 14.2. The molecule has 2 aromatic carbocycles. The van der Waals surface area contributed by atoms with Crippen LogP contribution in [0, 0.1) is 12.7 Å². The van der Waals surface area contributed by atoms with E-state index < -0.39 is 0 Å². The molecule has 1 nitrogen and oxygen atoms in total. The zero-order valence-corrected chi connectivity index (χ0v) is 12.8. The maximum Gasteiger partial charge on any atom is 0.203 e. The standard InChI is InChI=1S/C18H12BFOS/c1-11-2-5-13(19)10-15(11)18(21)17-9-8-16(22-17)12-3-6-14(20)7-4-12/h2-10H,1H3. The van der Waals surface area contributed by atoms with Crippen molar-refractivity contribution < 1.29 is 9.18 Å². The summed E-state index contributed by atoms with van der Waals surface area (Å²) in [6.45, 7) is 1.89. The average Bonchev–Trinajstić information content (AvgIpc) is 2.99. The zero-order chi connectivity index (χ0) is 15.7. The number of benzene rings is 2. The molecule has 1 aromatic heterocycles. The molecule has 0 fully saturated rings. The second kappa shape index (κ2) is 5.89. The second-order valence-electron chi connectivity index (χ2n) is 5.07. The summed E-state index contributed by atoms with van der Waals surface area (Å²) in [6, 6.07) is 15.3. The van der Waals surface area contributed by atoms with Crippen LogP contribution in [0.5, 0.6) is 0 Å². The van der Waals surface area contributed by atoms with Crippen LogP contribution in [0.2, 0.25) is 0 Å². The van der Waals surface area contributed by atoms with Crippen molar-refractivity contribution in [2.24, 2.45) is 0 Å². The van der Waals surface area contributed by atoms with E-state index in [1.165, 1.54) is 23.5 Å². The summed E-state index contributed by atoms with van der Waals surface area (Å²) in [6.07, 6.45) is 0. The Hall–Kier alpha value is -2.20. The highest BCUT2D eigenvalue weighted by atomic mass is 32.1. The molecule has 0 spiro atoms. The molecule has 0 unspecified atom stereocenters. The molecule has 0 bridgehead atoms. The summed E-state index contributed by atoms with van der Waals surface area (Å²) in [5.41, 5.74) is 2.99. The molecular weight excluding hydrogens is 294 g/mol. The molecule has 1 heterocycles. The van der Waals surface area contributed by atoms with Gasteiger partial charge in [-0.1, -0.05) is 35.8 Å². The van der Waals surface area contributed by atoms with E-state index >= 15 is 0 Å². The van der Waals surface area contributed by atoms with Crippen molar-refractivity contribution in [2.75, 3.05) is 0 Å². The monoisotopic (exact) mass is 306 g/mol. The number of hydrogen-bond donors (Lipinski definition) is 0. The van der Waals surface area contributed by atoms with Crippen molar-refractivity contribution in [1.82, 2.24) is 0 Å². The molecule has 0 saturated carbocycles. The fourth-order valence-electron chi connectivity index (χ4n) is 2.25. The third-order valence-electron chi connectivity index (χ3n) is 3.46. The third-order valence-corrected chi connectivity index (χ3v) is 4.60. The maximum absolute atomic E-state index is 13.0. The van der Waals surface area contributed by atoms with Crippen LogP contribution in [0.3, 0.4) is 0 Å². The van der Waals surface area contributed by atoms with Crippen LogP contribution in [0.15, 0.2) is 54.6 Å². The molecular formula is C18H12BFOS. The SMILES string of the molecule is [B]c1ccc(C)c(C(=O)c2ccc(-c3ccc(F)cc3)s2)c1. The quantitative estimate of drug-likeness (QED) is 0.530. The number of aryl methyl sites for hydroxylation is 1. The molecule has 3 rings (SSSR count). The number of rotatable bonds is 3. The predicted molar refractivity (Wildman–Crippen MR) is 89.7 cm³/mol. The number of hydrogen-bond acceptors (Lipinski definition) is 2. The smallest absolute Gasteiger partial charge is 0.203 e. The minimum absolute atomic E-state index is 0.0387. The van der Waals surface area contributed by atoms with Gasteiger partial charge in [-0.3, -0.25) is 4.79 Å². The van der Waals surface area contributed by atoms with Crippen LogP contribution in [0.4, 0.5) is 4.39 Å². The molecule has 0 saturated heterocycles. The lowest BCUT2D eigenvalue weighted by molar-refractivity contribution is 0.104. The van der Waals surface area contributed by atoms with E-state index in [4.69, 9.17) is 7.85 Å². The molecule has 0 aliphatic rings. The molecule has 0 N–H and O–H groups in total. The Balaban J connectivity index is 1.95. The number of ketones is 1. The van der Waals surface area contributed by atoms with E-state index in [1.54, 1.807) is 30.3 Å². The van der Waals surface area contributed by atoms with Gasteiger partial charge in [0.2, 0.25) is 5.78 Å². The van der Waals surface area contributed by atoms with Gasteiger partial charge in [0.25, 0.3) is 0 Å². The van der Waals surface area contributed by atoms with Gasteiger partial charge >= 0.3 is 0 Å².